The molecule has 3 aliphatic heterocycles. The van der Waals surface area contributed by atoms with Crippen LogP contribution in [0.5, 0.6) is 0 Å². The van der Waals surface area contributed by atoms with Gasteiger partial charge >= 0.3 is 6.36 Å². The first kappa shape index (κ1) is 21.2. The molecular formula is C18H28F3N5O2S. The van der Waals surface area contributed by atoms with E-state index in [0.717, 1.165) is 24.3 Å². The molecule has 3 fully saturated rings. The first-order chi connectivity index (χ1) is 13.8. The monoisotopic (exact) mass is 435 g/mol. The van der Waals surface area contributed by atoms with E-state index in [9.17, 15) is 18.0 Å². The summed E-state index contributed by atoms with van der Waals surface area (Å²) in [5.41, 5.74) is -0.195. The van der Waals surface area contributed by atoms with Gasteiger partial charge in [-0.15, -0.1) is 13.2 Å². The zero-order chi connectivity index (χ0) is 20.6. The molecule has 6 unspecified atom stereocenters. The van der Waals surface area contributed by atoms with Gasteiger partial charge in [-0.3, -0.25) is 19.7 Å². The van der Waals surface area contributed by atoms with Gasteiger partial charge in [0.05, 0.1) is 12.3 Å². The molecule has 2 saturated heterocycles. The highest BCUT2D eigenvalue weighted by Gasteiger charge is 2.48. The van der Waals surface area contributed by atoms with Gasteiger partial charge in [0.2, 0.25) is 5.91 Å². The first-order valence-corrected chi connectivity index (χ1v) is 11.1. The zero-order valence-corrected chi connectivity index (χ0v) is 17.1. The number of thioether (sulfide) groups is 1. The molecule has 0 radical (unpaired) electrons. The number of halogens is 3. The molecule has 11 heteroatoms. The summed E-state index contributed by atoms with van der Waals surface area (Å²) in [5.74, 6) is -0.328. The van der Waals surface area contributed by atoms with Crippen molar-refractivity contribution in [1.82, 2.24) is 26.2 Å². The fourth-order valence-corrected chi connectivity index (χ4v) is 5.71. The summed E-state index contributed by atoms with van der Waals surface area (Å²) >= 11 is 1.55. The van der Waals surface area contributed by atoms with Crippen molar-refractivity contribution in [2.45, 2.75) is 68.8 Å². The van der Waals surface area contributed by atoms with Gasteiger partial charge in [-0.1, -0.05) is 24.6 Å². The molecule has 164 valence electrons. The Morgan fingerprint density at radius 1 is 1.34 bits per heavy atom. The Kier molecular flexibility index (Phi) is 6.31. The smallest absolute Gasteiger partial charge is 0.362 e. The van der Waals surface area contributed by atoms with E-state index >= 15 is 0 Å². The third-order valence-corrected chi connectivity index (χ3v) is 7.12. The highest BCUT2D eigenvalue weighted by atomic mass is 32.2. The molecule has 0 bridgehead atoms. The quantitative estimate of drug-likeness (QED) is 0.530. The number of rotatable bonds is 4. The molecule has 0 aromatic rings. The number of nitrogens with zero attached hydrogens (tertiary/aromatic N) is 1. The lowest BCUT2D eigenvalue weighted by Gasteiger charge is -2.37. The van der Waals surface area contributed by atoms with Crippen LogP contribution in [0.15, 0.2) is 11.1 Å². The predicted octanol–water partition coefficient (Wildman–Crippen LogP) is 1.25. The molecule has 4 rings (SSSR count). The Balaban J connectivity index is 1.39. The van der Waals surface area contributed by atoms with Gasteiger partial charge in [0, 0.05) is 42.7 Å². The molecule has 29 heavy (non-hydrogen) atoms. The minimum Gasteiger partial charge on any atom is -0.362 e. The topological polar surface area (TPSA) is 77.7 Å². The SMILES string of the molecule is CC1=CNC(NC(=O)C2NCCN3CC(C4CCCCC4OC(F)(F)F)NC23)S1. The number of hydrogen-bond donors (Lipinski definition) is 4. The third kappa shape index (κ3) is 5.01. The molecule has 7 nitrogen and oxygen atoms in total. The van der Waals surface area contributed by atoms with E-state index in [2.05, 4.69) is 30.9 Å². The van der Waals surface area contributed by atoms with E-state index in [1.54, 1.807) is 11.8 Å². The van der Waals surface area contributed by atoms with Crippen molar-refractivity contribution in [2.24, 2.45) is 5.92 Å². The van der Waals surface area contributed by atoms with Crippen LogP contribution in [0, 0.1) is 5.92 Å². The summed E-state index contributed by atoms with van der Waals surface area (Å²) in [6.07, 6.45) is -1.02. The Labute approximate surface area is 172 Å². The second kappa shape index (κ2) is 8.62. The highest BCUT2D eigenvalue weighted by Crippen LogP contribution is 2.36. The van der Waals surface area contributed by atoms with E-state index in [4.69, 9.17) is 0 Å². The maximum absolute atomic E-state index is 12.9. The summed E-state index contributed by atoms with van der Waals surface area (Å²) in [6.45, 7) is 4.03. The van der Waals surface area contributed by atoms with E-state index < -0.39 is 18.5 Å². The first-order valence-electron chi connectivity index (χ1n) is 10.2. The van der Waals surface area contributed by atoms with Crippen LogP contribution in [0.3, 0.4) is 0 Å². The molecule has 0 aromatic carbocycles. The van der Waals surface area contributed by atoms with Crippen molar-refractivity contribution in [2.75, 3.05) is 19.6 Å². The Hall–Kier alpha value is -1.01. The van der Waals surface area contributed by atoms with Crippen molar-refractivity contribution in [3.8, 4) is 0 Å². The van der Waals surface area contributed by atoms with Crippen LogP contribution in [-0.2, 0) is 9.53 Å². The lowest BCUT2D eigenvalue weighted by Crippen LogP contribution is -2.65. The Morgan fingerprint density at radius 2 is 2.14 bits per heavy atom. The summed E-state index contributed by atoms with van der Waals surface area (Å²) in [7, 11) is 0. The number of hydrogen-bond acceptors (Lipinski definition) is 7. The summed E-state index contributed by atoms with van der Waals surface area (Å²) in [4.78, 5) is 16.1. The second-order valence-electron chi connectivity index (χ2n) is 8.12. The fourth-order valence-electron chi connectivity index (χ4n) is 4.89. The van der Waals surface area contributed by atoms with Crippen molar-refractivity contribution in [1.29, 1.82) is 0 Å². The third-order valence-electron chi connectivity index (χ3n) is 6.14. The lowest BCUT2D eigenvalue weighted by molar-refractivity contribution is -0.351. The average molecular weight is 436 g/mol. The normalized spacial score (nSPS) is 38.3. The molecule has 0 spiro atoms. The highest BCUT2D eigenvalue weighted by molar-refractivity contribution is 8.03. The van der Waals surface area contributed by atoms with E-state index in [1.165, 1.54) is 0 Å². The molecule has 1 aliphatic carbocycles. The van der Waals surface area contributed by atoms with Crippen molar-refractivity contribution >= 4 is 17.7 Å². The Bertz CT molecular complexity index is 649. The molecular weight excluding hydrogens is 407 g/mol. The minimum atomic E-state index is -4.62. The van der Waals surface area contributed by atoms with E-state index in [0.29, 0.717) is 25.9 Å². The van der Waals surface area contributed by atoms with E-state index in [-0.39, 0.29) is 29.5 Å². The Morgan fingerprint density at radius 3 is 2.86 bits per heavy atom. The second-order valence-corrected chi connectivity index (χ2v) is 9.47. The average Bonchev–Trinajstić information content (AvgIpc) is 3.26. The summed E-state index contributed by atoms with van der Waals surface area (Å²) in [6, 6.07) is -0.576. The number of amides is 1. The number of nitrogens with one attached hydrogen (secondary N) is 4. The van der Waals surface area contributed by atoms with Crippen LogP contribution in [0.2, 0.25) is 0 Å². The number of fused-ring (bicyclic) bond motifs is 1. The molecule has 1 saturated carbocycles. The van der Waals surface area contributed by atoms with Gasteiger partial charge in [-0.2, -0.15) is 0 Å². The molecule has 0 aromatic heterocycles. The maximum Gasteiger partial charge on any atom is 0.522 e. The number of carbonyl (C=O) groups excluding carboxylic acids is 1. The largest absolute Gasteiger partial charge is 0.522 e. The number of allylic oxidation sites excluding steroid dienone is 1. The summed E-state index contributed by atoms with van der Waals surface area (Å²) < 4.78 is 43.0. The molecule has 1 amide bonds. The number of carbonyl (C=O) groups is 1. The minimum absolute atomic E-state index is 0.118. The van der Waals surface area contributed by atoms with E-state index in [1.807, 2.05) is 13.1 Å². The van der Waals surface area contributed by atoms with Crippen LogP contribution in [-0.4, -0.2) is 66.7 Å². The van der Waals surface area contributed by atoms with Crippen LogP contribution in [0.4, 0.5) is 13.2 Å². The van der Waals surface area contributed by atoms with Gasteiger partial charge in [0.25, 0.3) is 0 Å². The van der Waals surface area contributed by atoms with Gasteiger partial charge in [0.1, 0.15) is 6.04 Å². The van der Waals surface area contributed by atoms with Gasteiger partial charge in [-0.05, 0) is 19.8 Å². The number of ether oxygens (including phenoxy) is 1. The van der Waals surface area contributed by atoms with Crippen LogP contribution in [0.25, 0.3) is 0 Å². The van der Waals surface area contributed by atoms with Crippen molar-refractivity contribution < 1.29 is 22.7 Å². The standard InChI is InChI=1S/C18H28F3N5O2S/c1-10-8-23-17(29-10)25-16(27)14-15-24-12(9-26(15)7-6-22-14)11-4-2-3-5-13(11)28-18(19,20)21/h8,11-15,17,22-24H,2-7,9H2,1H3,(H,25,27). The van der Waals surface area contributed by atoms with Crippen LogP contribution < -0.4 is 21.3 Å². The van der Waals surface area contributed by atoms with Crippen molar-refractivity contribution in [3.63, 3.8) is 0 Å². The van der Waals surface area contributed by atoms with Gasteiger partial charge in [-0.25, -0.2) is 0 Å². The molecule has 6 atom stereocenters. The lowest BCUT2D eigenvalue weighted by atomic mass is 9.81. The van der Waals surface area contributed by atoms with Crippen LogP contribution >= 0.6 is 11.8 Å². The zero-order valence-electron chi connectivity index (χ0n) is 16.3. The summed E-state index contributed by atoms with van der Waals surface area (Å²) in [5, 5.41) is 12.8. The number of piperazine rings is 1. The van der Waals surface area contributed by atoms with Gasteiger partial charge in [0.15, 0.2) is 5.50 Å². The van der Waals surface area contributed by atoms with Crippen LogP contribution in [0.1, 0.15) is 32.6 Å². The number of alkyl halides is 3. The molecule has 4 aliphatic rings. The molecule has 4 N–H and O–H groups in total. The fraction of sp³-hybridized carbons (Fsp3) is 0.833. The predicted molar refractivity (Wildman–Crippen MR) is 103 cm³/mol. The molecule has 3 heterocycles. The van der Waals surface area contributed by atoms with Crippen molar-refractivity contribution in [3.05, 3.63) is 11.1 Å². The maximum atomic E-state index is 12.9. The van der Waals surface area contributed by atoms with Gasteiger partial charge < -0.3 is 16.0 Å².